The van der Waals surface area contributed by atoms with Crippen molar-refractivity contribution in [2.75, 3.05) is 6.54 Å². The van der Waals surface area contributed by atoms with E-state index in [9.17, 15) is 0 Å². The monoisotopic (exact) mass is 175 g/mol. The number of hydrogen-bond donors (Lipinski definition) is 1. The average molecular weight is 175 g/mol. The maximum atomic E-state index is 3.58. The lowest BCUT2D eigenvalue weighted by Crippen LogP contribution is -2.27. The second-order valence-corrected chi connectivity index (χ2v) is 3.86. The molecule has 1 aromatic rings. The van der Waals surface area contributed by atoms with Gasteiger partial charge in [0, 0.05) is 6.04 Å². The van der Waals surface area contributed by atoms with Crippen molar-refractivity contribution in [1.29, 1.82) is 0 Å². The maximum Gasteiger partial charge on any atom is 0.0322 e. The zero-order chi connectivity index (χ0) is 9.10. The first-order valence-electron chi connectivity index (χ1n) is 5.17. The van der Waals surface area contributed by atoms with Crippen molar-refractivity contribution in [1.82, 2.24) is 5.32 Å². The fraction of sp³-hybridized carbons (Fsp3) is 0.500. The minimum atomic E-state index is 0.606. The van der Waals surface area contributed by atoms with Crippen LogP contribution < -0.4 is 5.32 Å². The van der Waals surface area contributed by atoms with Crippen LogP contribution in [0.25, 0.3) is 0 Å². The molecule has 1 heteroatoms. The second kappa shape index (κ2) is 3.93. The van der Waals surface area contributed by atoms with Gasteiger partial charge in [-0.1, -0.05) is 30.7 Å². The highest BCUT2D eigenvalue weighted by Gasteiger charge is 2.15. The molecule has 1 heterocycles. The largest absolute Gasteiger partial charge is 0.310 e. The molecule has 0 saturated carbocycles. The summed E-state index contributed by atoms with van der Waals surface area (Å²) in [7, 11) is 0. The Morgan fingerprint density at radius 2 is 2.08 bits per heavy atom. The van der Waals surface area contributed by atoms with E-state index in [0.29, 0.717) is 6.04 Å². The van der Waals surface area contributed by atoms with Gasteiger partial charge in [0.2, 0.25) is 0 Å². The van der Waals surface area contributed by atoms with Gasteiger partial charge in [0.05, 0.1) is 0 Å². The summed E-state index contributed by atoms with van der Waals surface area (Å²) in [5, 5.41) is 3.58. The standard InChI is InChI=1S/C12H17N/c1-10-6-2-3-7-11(10)12-8-4-5-9-13-12/h2-3,6-7,12-13H,4-5,8-9H2,1H3. The van der Waals surface area contributed by atoms with Gasteiger partial charge in [-0.05, 0) is 37.4 Å². The molecule has 1 saturated heterocycles. The Bertz CT molecular complexity index is 274. The minimum Gasteiger partial charge on any atom is -0.310 e. The highest BCUT2D eigenvalue weighted by atomic mass is 14.9. The van der Waals surface area contributed by atoms with Crippen LogP contribution in [-0.2, 0) is 0 Å². The third-order valence-electron chi connectivity index (χ3n) is 2.87. The lowest BCUT2D eigenvalue weighted by atomic mass is 9.94. The van der Waals surface area contributed by atoms with Crippen molar-refractivity contribution in [3.63, 3.8) is 0 Å². The molecule has 1 nitrogen and oxygen atoms in total. The summed E-state index contributed by atoms with van der Waals surface area (Å²) in [4.78, 5) is 0. The quantitative estimate of drug-likeness (QED) is 0.692. The van der Waals surface area contributed by atoms with Gasteiger partial charge in [0.25, 0.3) is 0 Å². The molecule has 0 bridgehead atoms. The lowest BCUT2D eigenvalue weighted by molar-refractivity contribution is 0.411. The van der Waals surface area contributed by atoms with Crippen LogP contribution in [0, 0.1) is 6.92 Å². The number of rotatable bonds is 1. The molecule has 0 spiro atoms. The van der Waals surface area contributed by atoms with Gasteiger partial charge in [-0.15, -0.1) is 0 Å². The first-order valence-corrected chi connectivity index (χ1v) is 5.17. The fourth-order valence-electron chi connectivity index (χ4n) is 2.10. The summed E-state index contributed by atoms with van der Waals surface area (Å²) in [5.41, 5.74) is 2.91. The van der Waals surface area contributed by atoms with Crippen molar-refractivity contribution in [3.8, 4) is 0 Å². The lowest BCUT2D eigenvalue weighted by Gasteiger charge is -2.25. The van der Waals surface area contributed by atoms with E-state index in [1.165, 1.54) is 36.9 Å². The van der Waals surface area contributed by atoms with Crippen LogP contribution in [0.5, 0.6) is 0 Å². The van der Waals surface area contributed by atoms with Crippen LogP contribution in [0.15, 0.2) is 24.3 Å². The number of piperidine rings is 1. The molecule has 1 fully saturated rings. The highest BCUT2D eigenvalue weighted by Crippen LogP contribution is 2.24. The molecule has 1 N–H and O–H groups in total. The van der Waals surface area contributed by atoms with Gasteiger partial charge in [0.15, 0.2) is 0 Å². The number of hydrogen-bond acceptors (Lipinski definition) is 1. The molecule has 1 aromatic carbocycles. The predicted octanol–water partition coefficient (Wildman–Crippen LogP) is 2.81. The van der Waals surface area contributed by atoms with Gasteiger partial charge in [-0.25, -0.2) is 0 Å². The van der Waals surface area contributed by atoms with Crippen LogP contribution in [0.4, 0.5) is 0 Å². The van der Waals surface area contributed by atoms with Gasteiger partial charge in [-0.3, -0.25) is 0 Å². The molecule has 0 radical (unpaired) electrons. The molecule has 0 aliphatic carbocycles. The zero-order valence-electron chi connectivity index (χ0n) is 8.22. The summed E-state index contributed by atoms with van der Waals surface area (Å²) in [6.07, 6.45) is 4.00. The molecule has 13 heavy (non-hydrogen) atoms. The molecule has 0 aromatic heterocycles. The second-order valence-electron chi connectivity index (χ2n) is 3.86. The first-order chi connectivity index (χ1) is 6.38. The van der Waals surface area contributed by atoms with E-state index in [4.69, 9.17) is 0 Å². The fourth-order valence-corrected chi connectivity index (χ4v) is 2.10. The van der Waals surface area contributed by atoms with Gasteiger partial charge >= 0.3 is 0 Å². The zero-order valence-corrected chi connectivity index (χ0v) is 8.22. The topological polar surface area (TPSA) is 12.0 Å². The maximum absolute atomic E-state index is 3.58. The summed E-state index contributed by atoms with van der Waals surface area (Å²) >= 11 is 0. The smallest absolute Gasteiger partial charge is 0.0322 e. The summed E-state index contributed by atoms with van der Waals surface area (Å²) in [5.74, 6) is 0. The molecule has 1 atom stereocenters. The van der Waals surface area contributed by atoms with E-state index in [2.05, 4.69) is 36.5 Å². The van der Waals surface area contributed by atoms with Crippen LogP contribution in [0.2, 0.25) is 0 Å². The molecule has 0 amide bonds. The molecule has 1 aliphatic rings. The highest BCUT2D eigenvalue weighted by molar-refractivity contribution is 5.28. The van der Waals surface area contributed by atoms with Crippen LogP contribution in [-0.4, -0.2) is 6.54 Å². The number of aryl methyl sites for hydroxylation is 1. The van der Waals surface area contributed by atoms with Gasteiger partial charge in [-0.2, -0.15) is 0 Å². The Balaban J connectivity index is 2.18. The van der Waals surface area contributed by atoms with Crippen molar-refractivity contribution < 1.29 is 0 Å². The summed E-state index contributed by atoms with van der Waals surface area (Å²) in [6, 6.07) is 9.31. The molecule has 1 aliphatic heterocycles. The third kappa shape index (κ3) is 1.92. The van der Waals surface area contributed by atoms with Gasteiger partial charge < -0.3 is 5.32 Å². The van der Waals surface area contributed by atoms with Gasteiger partial charge in [0.1, 0.15) is 0 Å². The van der Waals surface area contributed by atoms with Crippen LogP contribution in [0.3, 0.4) is 0 Å². The Kier molecular flexibility index (Phi) is 2.65. The normalized spacial score (nSPS) is 23.0. The van der Waals surface area contributed by atoms with Crippen LogP contribution >= 0.6 is 0 Å². The first kappa shape index (κ1) is 8.76. The van der Waals surface area contributed by atoms with E-state index < -0.39 is 0 Å². The van der Waals surface area contributed by atoms with Crippen molar-refractivity contribution in [2.45, 2.75) is 32.2 Å². The Hall–Kier alpha value is -0.820. The van der Waals surface area contributed by atoms with E-state index >= 15 is 0 Å². The Labute approximate surface area is 80.2 Å². The van der Waals surface area contributed by atoms with E-state index in [-0.39, 0.29) is 0 Å². The molecule has 70 valence electrons. The molecular weight excluding hydrogens is 158 g/mol. The Morgan fingerprint density at radius 1 is 1.23 bits per heavy atom. The van der Waals surface area contributed by atoms with E-state index in [0.717, 1.165) is 0 Å². The summed E-state index contributed by atoms with van der Waals surface area (Å²) < 4.78 is 0. The molecular formula is C12H17N. The Morgan fingerprint density at radius 3 is 2.77 bits per heavy atom. The van der Waals surface area contributed by atoms with E-state index in [1.54, 1.807) is 0 Å². The average Bonchev–Trinajstić information content (AvgIpc) is 2.20. The third-order valence-corrected chi connectivity index (χ3v) is 2.87. The number of benzene rings is 1. The summed E-state index contributed by atoms with van der Waals surface area (Å²) in [6.45, 7) is 3.38. The molecule has 2 rings (SSSR count). The minimum absolute atomic E-state index is 0.606. The van der Waals surface area contributed by atoms with E-state index in [1.807, 2.05) is 0 Å². The van der Waals surface area contributed by atoms with Crippen molar-refractivity contribution >= 4 is 0 Å². The predicted molar refractivity (Wildman–Crippen MR) is 55.8 cm³/mol. The van der Waals surface area contributed by atoms with Crippen molar-refractivity contribution in [3.05, 3.63) is 35.4 Å². The SMILES string of the molecule is Cc1ccccc1C1CCCCN1. The van der Waals surface area contributed by atoms with Crippen LogP contribution in [0.1, 0.15) is 36.4 Å². The van der Waals surface area contributed by atoms with Crippen molar-refractivity contribution in [2.24, 2.45) is 0 Å². The number of nitrogens with one attached hydrogen (secondary N) is 1. The molecule has 1 unspecified atom stereocenters.